The minimum atomic E-state index is -0.273. The van der Waals surface area contributed by atoms with Crippen molar-refractivity contribution < 1.29 is 8.81 Å². The Kier molecular flexibility index (Phi) is 2.60. The fourth-order valence-corrected chi connectivity index (χ4v) is 2.30. The molecular weight excluding hydrogens is 267 g/mol. The van der Waals surface area contributed by atoms with Crippen LogP contribution in [-0.4, -0.2) is 9.55 Å². The molecule has 2 heterocycles. The molecule has 4 heteroatoms. The van der Waals surface area contributed by atoms with Crippen LogP contribution in [0, 0.1) is 5.82 Å². The van der Waals surface area contributed by atoms with Gasteiger partial charge in [-0.1, -0.05) is 0 Å². The van der Waals surface area contributed by atoms with Gasteiger partial charge in [-0.05, 0) is 54.6 Å². The molecule has 0 amide bonds. The number of halogens is 1. The fourth-order valence-electron chi connectivity index (χ4n) is 2.30. The summed E-state index contributed by atoms with van der Waals surface area (Å²) >= 11 is 0. The van der Waals surface area contributed by atoms with Gasteiger partial charge in [0.05, 0.1) is 0 Å². The normalized spacial score (nSPS) is 11.1. The average molecular weight is 278 g/mol. The zero-order valence-corrected chi connectivity index (χ0v) is 11.0. The molecule has 2 aromatic carbocycles. The van der Waals surface area contributed by atoms with Crippen LogP contribution in [0.1, 0.15) is 0 Å². The average Bonchev–Trinajstić information content (AvgIpc) is 3.16. The largest absolute Gasteiger partial charge is 0.436 e. The van der Waals surface area contributed by atoms with Crippen molar-refractivity contribution in [3.8, 4) is 17.1 Å². The molecule has 0 fully saturated rings. The summed E-state index contributed by atoms with van der Waals surface area (Å²) in [6.45, 7) is 0. The minimum absolute atomic E-state index is 0.273. The van der Waals surface area contributed by atoms with Crippen LogP contribution in [0.25, 0.3) is 28.2 Å². The summed E-state index contributed by atoms with van der Waals surface area (Å²) in [5, 5.41) is 0. The minimum Gasteiger partial charge on any atom is -0.436 e. The van der Waals surface area contributed by atoms with Gasteiger partial charge < -0.3 is 8.98 Å². The highest BCUT2D eigenvalue weighted by Crippen LogP contribution is 2.26. The highest BCUT2D eigenvalue weighted by molar-refractivity contribution is 5.78. The van der Waals surface area contributed by atoms with Crippen LogP contribution < -0.4 is 0 Å². The smallest absolute Gasteiger partial charge is 0.227 e. The predicted octanol–water partition coefficient (Wildman–Crippen LogP) is 4.42. The summed E-state index contributed by atoms with van der Waals surface area (Å²) < 4.78 is 20.7. The van der Waals surface area contributed by atoms with E-state index >= 15 is 0 Å². The van der Waals surface area contributed by atoms with E-state index < -0.39 is 0 Å². The van der Waals surface area contributed by atoms with Gasteiger partial charge in [0.15, 0.2) is 5.58 Å². The van der Waals surface area contributed by atoms with E-state index in [4.69, 9.17) is 4.42 Å². The monoisotopic (exact) mass is 278 g/mol. The maximum absolute atomic E-state index is 13.0. The molecule has 0 atom stereocenters. The maximum Gasteiger partial charge on any atom is 0.227 e. The Labute approximate surface area is 120 Å². The Hall–Kier alpha value is -2.88. The molecular formula is C17H11FN2O. The Morgan fingerprint density at radius 2 is 1.71 bits per heavy atom. The Balaban J connectivity index is 1.81. The first kappa shape index (κ1) is 11.9. The molecule has 0 aliphatic heterocycles. The van der Waals surface area contributed by atoms with E-state index in [0.29, 0.717) is 11.5 Å². The third kappa shape index (κ3) is 2.10. The van der Waals surface area contributed by atoms with Crippen molar-refractivity contribution in [2.24, 2.45) is 0 Å². The van der Waals surface area contributed by atoms with Crippen LogP contribution in [-0.2, 0) is 0 Å². The standard InChI is InChI=1S/C17H11FN2O/c18-13-5-3-12(4-6-13)17-19-15-11-14(7-8-16(15)21-17)20-9-1-2-10-20/h1-11H. The SMILES string of the molecule is Fc1ccc(-c2nc3cc(-n4cccc4)ccc3o2)cc1. The van der Waals surface area contributed by atoms with Crippen molar-refractivity contribution in [1.82, 2.24) is 9.55 Å². The van der Waals surface area contributed by atoms with Crippen LogP contribution in [0.4, 0.5) is 4.39 Å². The highest BCUT2D eigenvalue weighted by Gasteiger charge is 2.09. The van der Waals surface area contributed by atoms with Crippen LogP contribution in [0.2, 0.25) is 0 Å². The molecule has 4 rings (SSSR count). The van der Waals surface area contributed by atoms with E-state index in [2.05, 4.69) is 4.98 Å². The van der Waals surface area contributed by atoms with Crippen LogP contribution >= 0.6 is 0 Å². The number of hydrogen-bond donors (Lipinski definition) is 0. The van der Waals surface area contributed by atoms with E-state index in [9.17, 15) is 4.39 Å². The molecule has 0 aliphatic carbocycles. The first-order valence-corrected chi connectivity index (χ1v) is 6.59. The van der Waals surface area contributed by atoms with E-state index in [-0.39, 0.29) is 5.82 Å². The Bertz CT molecular complexity index is 892. The summed E-state index contributed by atoms with van der Waals surface area (Å²) in [5.74, 6) is 0.222. The lowest BCUT2D eigenvalue weighted by molar-refractivity contribution is 0.616. The molecule has 0 saturated heterocycles. The third-order valence-electron chi connectivity index (χ3n) is 3.36. The lowest BCUT2D eigenvalue weighted by atomic mass is 10.2. The maximum atomic E-state index is 13.0. The molecule has 21 heavy (non-hydrogen) atoms. The number of benzene rings is 2. The van der Waals surface area contributed by atoms with Gasteiger partial charge in [-0.3, -0.25) is 0 Å². The van der Waals surface area contributed by atoms with Crippen LogP contribution in [0.3, 0.4) is 0 Å². The second kappa shape index (κ2) is 4.59. The second-order valence-corrected chi connectivity index (χ2v) is 4.77. The summed E-state index contributed by atoms with van der Waals surface area (Å²) in [6, 6.07) is 15.9. The summed E-state index contributed by atoms with van der Waals surface area (Å²) in [7, 11) is 0. The van der Waals surface area contributed by atoms with Gasteiger partial charge >= 0.3 is 0 Å². The second-order valence-electron chi connectivity index (χ2n) is 4.77. The number of nitrogens with zero attached hydrogens (tertiary/aromatic N) is 2. The van der Waals surface area contributed by atoms with Gasteiger partial charge in [-0.25, -0.2) is 9.37 Å². The van der Waals surface area contributed by atoms with Crippen molar-refractivity contribution in [1.29, 1.82) is 0 Å². The number of aromatic nitrogens is 2. The summed E-state index contributed by atoms with van der Waals surface area (Å²) in [5.41, 5.74) is 3.27. The Morgan fingerprint density at radius 1 is 0.952 bits per heavy atom. The van der Waals surface area contributed by atoms with E-state index in [0.717, 1.165) is 16.8 Å². The van der Waals surface area contributed by atoms with E-state index in [1.807, 2.05) is 47.3 Å². The molecule has 3 nitrogen and oxygen atoms in total. The van der Waals surface area contributed by atoms with E-state index in [1.165, 1.54) is 12.1 Å². The lowest BCUT2D eigenvalue weighted by Crippen LogP contribution is -1.88. The molecule has 4 aromatic rings. The van der Waals surface area contributed by atoms with Crippen LogP contribution in [0.5, 0.6) is 0 Å². The molecule has 0 unspecified atom stereocenters. The third-order valence-corrected chi connectivity index (χ3v) is 3.36. The zero-order chi connectivity index (χ0) is 14.2. The van der Waals surface area contributed by atoms with Crippen molar-refractivity contribution >= 4 is 11.1 Å². The fraction of sp³-hybridized carbons (Fsp3) is 0. The number of rotatable bonds is 2. The lowest BCUT2D eigenvalue weighted by Gasteiger charge is -2.00. The van der Waals surface area contributed by atoms with Crippen molar-refractivity contribution in [3.63, 3.8) is 0 Å². The topological polar surface area (TPSA) is 31.0 Å². The number of hydrogen-bond acceptors (Lipinski definition) is 2. The number of fused-ring (bicyclic) bond motifs is 1. The van der Waals surface area contributed by atoms with Gasteiger partial charge in [0, 0.05) is 23.6 Å². The number of oxazole rings is 1. The van der Waals surface area contributed by atoms with Gasteiger partial charge in [0.2, 0.25) is 5.89 Å². The summed E-state index contributed by atoms with van der Waals surface area (Å²) in [4.78, 5) is 4.48. The molecule has 102 valence electrons. The first-order valence-electron chi connectivity index (χ1n) is 6.59. The van der Waals surface area contributed by atoms with Crippen LogP contribution in [0.15, 0.2) is 71.4 Å². The molecule has 0 aliphatic rings. The Morgan fingerprint density at radius 3 is 2.48 bits per heavy atom. The van der Waals surface area contributed by atoms with Gasteiger partial charge in [0.25, 0.3) is 0 Å². The van der Waals surface area contributed by atoms with Gasteiger partial charge in [0.1, 0.15) is 11.3 Å². The van der Waals surface area contributed by atoms with Gasteiger partial charge in [-0.2, -0.15) is 0 Å². The van der Waals surface area contributed by atoms with Crippen molar-refractivity contribution in [2.75, 3.05) is 0 Å². The highest BCUT2D eigenvalue weighted by atomic mass is 19.1. The molecule has 0 spiro atoms. The molecule has 0 bridgehead atoms. The quantitative estimate of drug-likeness (QED) is 0.543. The van der Waals surface area contributed by atoms with Gasteiger partial charge in [-0.15, -0.1) is 0 Å². The zero-order valence-electron chi connectivity index (χ0n) is 11.0. The molecule has 0 saturated carbocycles. The van der Waals surface area contributed by atoms with Crippen molar-refractivity contribution in [3.05, 3.63) is 72.8 Å². The molecule has 2 aromatic heterocycles. The summed E-state index contributed by atoms with van der Waals surface area (Å²) in [6.07, 6.45) is 3.95. The molecule has 0 radical (unpaired) electrons. The first-order chi connectivity index (χ1) is 10.3. The van der Waals surface area contributed by atoms with Crippen molar-refractivity contribution in [2.45, 2.75) is 0 Å². The van der Waals surface area contributed by atoms with E-state index in [1.54, 1.807) is 12.1 Å². The molecule has 0 N–H and O–H groups in total. The predicted molar refractivity (Wildman–Crippen MR) is 78.7 cm³/mol.